The Hall–Kier alpha value is -1.17. The van der Waals surface area contributed by atoms with Gasteiger partial charge in [0, 0.05) is 12.2 Å². The molecule has 0 fully saturated rings. The minimum Gasteiger partial charge on any atom is -0.385 e. The second-order valence-corrected chi connectivity index (χ2v) is 5.53. The van der Waals surface area contributed by atoms with Crippen LogP contribution < -0.4 is 5.32 Å². The van der Waals surface area contributed by atoms with Crippen LogP contribution in [0.25, 0.3) is 0 Å². The quantitative estimate of drug-likeness (QED) is 0.803. The Morgan fingerprint density at radius 3 is 2.29 bits per heavy atom. The normalized spacial score (nSPS) is 11.8. The Morgan fingerprint density at radius 1 is 1.24 bits per heavy atom. The van der Waals surface area contributed by atoms with Crippen molar-refractivity contribution in [2.45, 2.75) is 30.4 Å². The van der Waals surface area contributed by atoms with Crippen LogP contribution in [0.1, 0.15) is 19.8 Å². The zero-order chi connectivity index (χ0) is 12.9. The maximum Gasteiger partial charge on any atom is 0.341 e. The smallest absolute Gasteiger partial charge is 0.341 e. The molecule has 3 nitrogen and oxygen atoms in total. The third-order valence-electron chi connectivity index (χ3n) is 2.28. The first kappa shape index (κ1) is 13.9. The van der Waals surface area contributed by atoms with Crippen LogP contribution in [-0.2, 0) is 9.84 Å². The molecule has 1 aromatic carbocycles. The predicted molar refractivity (Wildman–Crippen MR) is 63.0 cm³/mol. The Morgan fingerprint density at radius 2 is 1.82 bits per heavy atom. The summed E-state index contributed by atoms with van der Waals surface area (Å²) in [6.07, 6.45) is 2.04. The fourth-order valence-electron chi connectivity index (χ4n) is 1.27. The number of unbranched alkanes of at least 4 members (excludes halogenated alkanes) is 1. The summed E-state index contributed by atoms with van der Waals surface area (Å²) in [6.45, 7) is 2.83. The zero-order valence-corrected chi connectivity index (χ0v) is 10.3. The molecule has 0 saturated heterocycles. The van der Waals surface area contributed by atoms with Crippen molar-refractivity contribution in [3.05, 3.63) is 24.3 Å². The first-order valence-corrected chi connectivity index (χ1v) is 6.89. The van der Waals surface area contributed by atoms with Crippen LogP contribution >= 0.6 is 0 Å². The van der Waals surface area contributed by atoms with Crippen LogP contribution in [-0.4, -0.2) is 20.7 Å². The molecular formula is C11H15F2NO2S. The van der Waals surface area contributed by atoms with Gasteiger partial charge in [-0.1, -0.05) is 13.3 Å². The van der Waals surface area contributed by atoms with Gasteiger partial charge in [0.05, 0.1) is 4.90 Å². The van der Waals surface area contributed by atoms with E-state index in [4.69, 9.17) is 0 Å². The van der Waals surface area contributed by atoms with E-state index in [1.54, 1.807) is 0 Å². The highest BCUT2D eigenvalue weighted by atomic mass is 32.2. The van der Waals surface area contributed by atoms with Crippen molar-refractivity contribution in [1.29, 1.82) is 0 Å². The molecule has 0 aliphatic carbocycles. The zero-order valence-electron chi connectivity index (χ0n) is 9.49. The molecule has 6 heteroatoms. The Bertz CT molecular complexity index is 443. The summed E-state index contributed by atoms with van der Waals surface area (Å²) < 4.78 is 46.8. The molecular weight excluding hydrogens is 248 g/mol. The van der Waals surface area contributed by atoms with Gasteiger partial charge in [0.1, 0.15) is 0 Å². The second-order valence-electron chi connectivity index (χ2n) is 3.61. The number of hydrogen-bond acceptors (Lipinski definition) is 3. The number of benzene rings is 1. The minimum atomic E-state index is -4.48. The molecule has 0 aliphatic heterocycles. The highest BCUT2D eigenvalue weighted by molar-refractivity contribution is 7.91. The van der Waals surface area contributed by atoms with Gasteiger partial charge >= 0.3 is 5.76 Å². The lowest BCUT2D eigenvalue weighted by atomic mass is 10.3. The Kier molecular flexibility index (Phi) is 4.86. The average Bonchev–Trinajstić information content (AvgIpc) is 2.30. The van der Waals surface area contributed by atoms with Gasteiger partial charge < -0.3 is 5.32 Å². The molecule has 1 aromatic rings. The summed E-state index contributed by atoms with van der Waals surface area (Å²) >= 11 is 0. The number of hydrogen-bond donors (Lipinski definition) is 1. The maximum atomic E-state index is 12.2. The van der Waals surface area contributed by atoms with E-state index in [1.165, 1.54) is 24.3 Å². The van der Waals surface area contributed by atoms with Crippen LogP contribution in [0.15, 0.2) is 29.2 Å². The van der Waals surface area contributed by atoms with Crippen LogP contribution in [0.2, 0.25) is 0 Å². The molecule has 1 rings (SSSR count). The molecule has 0 saturated carbocycles. The summed E-state index contributed by atoms with van der Waals surface area (Å²) in [5.74, 6) is -3.37. The monoisotopic (exact) mass is 263 g/mol. The number of sulfone groups is 1. The molecule has 1 N–H and O–H groups in total. The molecule has 0 atom stereocenters. The standard InChI is InChI=1S/C11H15F2NO2S/c1-2-3-8-14-9-4-6-10(7-5-9)17(15,16)11(12)13/h4-7,11,14H,2-3,8H2,1H3. The fourth-order valence-corrected chi connectivity index (χ4v) is 2.00. The molecule has 96 valence electrons. The summed E-state index contributed by atoms with van der Waals surface area (Å²) in [5, 5.41) is 3.07. The van der Waals surface area contributed by atoms with Gasteiger partial charge in [0.25, 0.3) is 0 Å². The SMILES string of the molecule is CCCCNc1ccc(S(=O)(=O)C(F)F)cc1. The summed E-state index contributed by atoms with van der Waals surface area (Å²) in [7, 11) is -4.48. The van der Waals surface area contributed by atoms with Crippen molar-refractivity contribution in [2.24, 2.45) is 0 Å². The first-order chi connectivity index (χ1) is 7.98. The van der Waals surface area contributed by atoms with Gasteiger partial charge in [-0.2, -0.15) is 8.78 Å². The largest absolute Gasteiger partial charge is 0.385 e. The number of alkyl halides is 2. The fraction of sp³-hybridized carbons (Fsp3) is 0.455. The summed E-state index contributed by atoms with van der Waals surface area (Å²) in [6, 6.07) is 5.36. The third kappa shape index (κ3) is 3.66. The van der Waals surface area contributed by atoms with Crippen LogP contribution in [0.3, 0.4) is 0 Å². The van der Waals surface area contributed by atoms with Crippen LogP contribution in [0.4, 0.5) is 14.5 Å². The molecule has 0 spiro atoms. The minimum absolute atomic E-state index is 0.353. The highest BCUT2D eigenvalue weighted by Gasteiger charge is 2.26. The lowest BCUT2D eigenvalue weighted by Gasteiger charge is -2.07. The first-order valence-electron chi connectivity index (χ1n) is 5.34. The van der Waals surface area contributed by atoms with Gasteiger partial charge in [-0.15, -0.1) is 0 Å². The van der Waals surface area contributed by atoms with E-state index in [0.717, 1.165) is 25.1 Å². The van der Waals surface area contributed by atoms with Gasteiger partial charge in [0.15, 0.2) is 0 Å². The van der Waals surface area contributed by atoms with E-state index in [0.29, 0.717) is 0 Å². The van der Waals surface area contributed by atoms with E-state index in [9.17, 15) is 17.2 Å². The van der Waals surface area contributed by atoms with Crippen molar-refractivity contribution in [3.63, 3.8) is 0 Å². The van der Waals surface area contributed by atoms with E-state index in [2.05, 4.69) is 12.2 Å². The predicted octanol–water partition coefficient (Wildman–Crippen LogP) is 2.89. The molecule has 0 aliphatic rings. The Labute approximate surface area is 99.8 Å². The van der Waals surface area contributed by atoms with Crippen molar-refractivity contribution in [2.75, 3.05) is 11.9 Å². The van der Waals surface area contributed by atoms with Crippen molar-refractivity contribution in [1.82, 2.24) is 0 Å². The summed E-state index contributed by atoms with van der Waals surface area (Å²) in [5.41, 5.74) is 0.728. The molecule has 0 heterocycles. The molecule has 0 radical (unpaired) electrons. The highest BCUT2D eigenvalue weighted by Crippen LogP contribution is 2.20. The van der Waals surface area contributed by atoms with Crippen molar-refractivity contribution < 1.29 is 17.2 Å². The third-order valence-corrected chi connectivity index (χ3v) is 3.68. The van der Waals surface area contributed by atoms with E-state index in [-0.39, 0.29) is 4.90 Å². The summed E-state index contributed by atoms with van der Waals surface area (Å²) in [4.78, 5) is -0.353. The average molecular weight is 263 g/mol. The van der Waals surface area contributed by atoms with E-state index >= 15 is 0 Å². The number of rotatable bonds is 6. The van der Waals surface area contributed by atoms with E-state index in [1.807, 2.05) is 0 Å². The number of anilines is 1. The lowest BCUT2D eigenvalue weighted by Crippen LogP contribution is -2.11. The topological polar surface area (TPSA) is 46.2 Å². The molecule has 0 amide bonds. The van der Waals surface area contributed by atoms with Crippen molar-refractivity contribution >= 4 is 15.5 Å². The second kappa shape index (κ2) is 5.95. The van der Waals surface area contributed by atoms with Gasteiger partial charge in [-0.3, -0.25) is 0 Å². The van der Waals surface area contributed by atoms with Crippen LogP contribution in [0.5, 0.6) is 0 Å². The van der Waals surface area contributed by atoms with Gasteiger partial charge in [0.2, 0.25) is 9.84 Å². The van der Waals surface area contributed by atoms with Gasteiger partial charge in [-0.05, 0) is 30.7 Å². The number of halogens is 2. The van der Waals surface area contributed by atoms with Crippen molar-refractivity contribution in [3.8, 4) is 0 Å². The molecule has 0 bridgehead atoms. The molecule has 0 unspecified atom stereocenters. The molecule has 17 heavy (non-hydrogen) atoms. The maximum absolute atomic E-state index is 12.2. The van der Waals surface area contributed by atoms with E-state index < -0.39 is 15.6 Å². The van der Waals surface area contributed by atoms with Gasteiger partial charge in [-0.25, -0.2) is 8.42 Å². The lowest BCUT2D eigenvalue weighted by molar-refractivity contribution is 0.234. The Balaban J connectivity index is 2.75. The van der Waals surface area contributed by atoms with Crippen LogP contribution in [0, 0.1) is 0 Å². The number of nitrogens with one attached hydrogen (secondary N) is 1. The molecule has 0 aromatic heterocycles.